The van der Waals surface area contributed by atoms with Crippen molar-refractivity contribution < 1.29 is 5.21 Å². The number of rotatable bonds is 0. The van der Waals surface area contributed by atoms with E-state index < -0.39 is 0 Å². The van der Waals surface area contributed by atoms with Crippen molar-refractivity contribution in [3.8, 4) is 0 Å². The lowest BCUT2D eigenvalue weighted by atomic mass is 9.95. The minimum absolute atomic E-state index is 0.276. The molecule has 0 radical (unpaired) electrons. The predicted molar refractivity (Wildman–Crippen MR) is 47.7 cm³/mol. The van der Waals surface area contributed by atoms with Crippen molar-refractivity contribution in [1.29, 1.82) is 0 Å². The Labute approximate surface area is 75.3 Å². The first-order valence-corrected chi connectivity index (χ1v) is 4.14. The lowest BCUT2D eigenvalue weighted by Gasteiger charge is -2.14. The average molecular weight is 178 g/mol. The highest BCUT2D eigenvalue weighted by molar-refractivity contribution is 6.01. The smallest absolute Gasteiger partial charge is 0.220 e. The van der Waals surface area contributed by atoms with Crippen LogP contribution in [-0.2, 0) is 6.42 Å². The first kappa shape index (κ1) is 7.97. The number of aryl methyl sites for hydroxylation is 1. The van der Waals surface area contributed by atoms with Gasteiger partial charge in [-0.15, -0.1) is 0 Å². The van der Waals surface area contributed by atoms with Crippen LogP contribution < -0.4 is 5.73 Å². The zero-order chi connectivity index (χ0) is 9.26. The molecular weight excluding hydrogens is 168 g/mol. The van der Waals surface area contributed by atoms with E-state index in [9.17, 15) is 0 Å². The fourth-order valence-electron chi connectivity index (χ4n) is 1.53. The molecule has 0 spiro atoms. The van der Waals surface area contributed by atoms with E-state index in [2.05, 4.69) is 15.1 Å². The molecule has 0 bridgehead atoms. The second-order valence-electron chi connectivity index (χ2n) is 2.99. The Bertz CT molecular complexity index is 361. The molecule has 0 aliphatic heterocycles. The molecule has 0 amide bonds. The van der Waals surface area contributed by atoms with Crippen molar-refractivity contribution in [2.45, 2.75) is 19.3 Å². The molecule has 1 heterocycles. The van der Waals surface area contributed by atoms with E-state index in [0.717, 1.165) is 30.5 Å². The van der Waals surface area contributed by atoms with E-state index in [4.69, 9.17) is 10.9 Å². The fraction of sp³-hybridized carbons (Fsp3) is 0.375. The Hall–Kier alpha value is -1.65. The van der Waals surface area contributed by atoms with Gasteiger partial charge in [-0.25, -0.2) is 9.97 Å². The summed E-state index contributed by atoms with van der Waals surface area (Å²) in [4.78, 5) is 7.95. The third-order valence-electron chi connectivity index (χ3n) is 2.15. The van der Waals surface area contributed by atoms with Crippen molar-refractivity contribution in [2.75, 3.05) is 5.73 Å². The number of fused-ring (bicyclic) bond motifs is 1. The second-order valence-corrected chi connectivity index (χ2v) is 2.99. The minimum atomic E-state index is 0.276. The van der Waals surface area contributed by atoms with Crippen LogP contribution in [0.15, 0.2) is 11.4 Å². The number of nitrogens with two attached hydrogens (primary N) is 1. The van der Waals surface area contributed by atoms with Crippen LogP contribution in [0.2, 0.25) is 0 Å². The SMILES string of the molecule is Nc1ncc2c(n1)CCC/C2=N/O. The van der Waals surface area contributed by atoms with Crippen LogP contribution in [-0.4, -0.2) is 20.9 Å². The van der Waals surface area contributed by atoms with Gasteiger partial charge in [0.05, 0.1) is 11.4 Å². The van der Waals surface area contributed by atoms with Crippen molar-refractivity contribution in [2.24, 2.45) is 5.16 Å². The summed E-state index contributed by atoms with van der Waals surface area (Å²) in [6, 6.07) is 0. The second kappa shape index (κ2) is 3.01. The summed E-state index contributed by atoms with van der Waals surface area (Å²) in [5.74, 6) is 0.276. The normalized spacial score (nSPS) is 18.6. The monoisotopic (exact) mass is 178 g/mol. The van der Waals surface area contributed by atoms with Crippen LogP contribution >= 0.6 is 0 Å². The van der Waals surface area contributed by atoms with Crippen LogP contribution in [0.5, 0.6) is 0 Å². The first-order chi connectivity index (χ1) is 6.31. The van der Waals surface area contributed by atoms with Crippen molar-refractivity contribution in [1.82, 2.24) is 9.97 Å². The largest absolute Gasteiger partial charge is 0.411 e. The molecule has 0 atom stereocenters. The van der Waals surface area contributed by atoms with Gasteiger partial charge in [0.25, 0.3) is 0 Å². The lowest BCUT2D eigenvalue weighted by Crippen LogP contribution is -2.15. The first-order valence-electron chi connectivity index (χ1n) is 4.14. The van der Waals surface area contributed by atoms with Gasteiger partial charge in [-0.3, -0.25) is 0 Å². The van der Waals surface area contributed by atoms with Gasteiger partial charge < -0.3 is 10.9 Å². The standard InChI is InChI=1S/C8H10N4O/c9-8-10-4-5-6(11-8)2-1-3-7(5)12-13/h4,13H,1-3H2,(H2,9,10,11)/b12-7-. The molecule has 1 aliphatic rings. The van der Waals surface area contributed by atoms with Crippen molar-refractivity contribution >= 4 is 11.7 Å². The van der Waals surface area contributed by atoms with Gasteiger partial charge in [0.1, 0.15) is 0 Å². The predicted octanol–water partition coefficient (Wildman–Crippen LogP) is 0.573. The number of anilines is 1. The van der Waals surface area contributed by atoms with Gasteiger partial charge in [-0.1, -0.05) is 5.16 Å². The maximum atomic E-state index is 8.71. The van der Waals surface area contributed by atoms with Gasteiger partial charge in [0.15, 0.2) is 0 Å². The Kier molecular flexibility index (Phi) is 1.84. The van der Waals surface area contributed by atoms with Crippen LogP contribution in [0, 0.1) is 0 Å². The number of hydrogen-bond donors (Lipinski definition) is 2. The molecule has 0 aromatic carbocycles. The molecule has 0 fully saturated rings. The minimum Gasteiger partial charge on any atom is -0.411 e. The molecule has 0 saturated heterocycles. The summed E-state index contributed by atoms with van der Waals surface area (Å²) in [6.07, 6.45) is 4.21. The highest BCUT2D eigenvalue weighted by Crippen LogP contribution is 2.19. The summed E-state index contributed by atoms with van der Waals surface area (Å²) in [6.45, 7) is 0. The highest BCUT2D eigenvalue weighted by Gasteiger charge is 2.17. The summed E-state index contributed by atoms with van der Waals surface area (Å²) < 4.78 is 0. The molecule has 1 aliphatic carbocycles. The van der Waals surface area contributed by atoms with Crippen LogP contribution in [0.4, 0.5) is 5.95 Å². The molecular formula is C8H10N4O. The number of nitrogen functional groups attached to an aromatic ring is 1. The Morgan fingerprint density at radius 1 is 1.46 bits per heavy atom. The number of aromatic nitrogens is 2. The molecule has 68 valence electrons. The highest BCUT2D eigenvalue weighted by atomic mass is 16.4. The Morgan fingerprint density at radius 2 is 2.31 bits per heavy atom. The summed E-state index contributed by atoms with van der Waals surface area (Å²) in [7, 11) is 0. The van der Waals surface area contributed by atoms with Crippen LogP contribution in [0.3, 0.4) is 0 Å². The number of nitrogens with zero attached hydrogens (tertiary/aromatic N) is 3. The van der Waals surface area contributed by atoms with Gasteiger partial charge in [0.2, 0.25) is 5.95 Å². The van der Waals surface area contributed by atoms with E-state index in [1.54, 1.807) is 6.20 Å². The van der Waals surface area contributed by atoms with E-state index in [1.165, 1.54) is 0 Å². The van der Waals surface area contributed by atoms with Crippen LogP contribution in [0.25, 0.3) is 0 Å². The average Bonchev–Trinajstić information content (AvgIpc) is 2.16. The lowest BCUT2D eigenvalue weighted by molar-refractivity contribution is 0.317. The molecule has 2 rings (SSSR count). The molecule has 1 aromatic rings. The zero-order valence-corrected chi connectivity index (χ0v) is 7.06. The topological polar surface area (TPSA) is 84.4 Å². The molecule has 0 saturated carbocycles. The maximum absolute atomic E-state index is 8.71. The summed E-state index contributed by atoms with van der Waals surface area (Å²) in [5, 5.41) is 11.9. The van der Waals surface area contributed by atoms with Crippen molar-refractivity contribution in [3.63, 3.8) is 0 Å². The maximum Gasteiger partial charge on any atom is 0.220 e. The number of oxime groups is 1. The van der Waals surface area contributed by atoms with E-state index in [-0.39, 0.29) is 5.95 Å². The summed E-state index contributed by atoms with van der Waals surface area (Å²) in [5.41, 5.74) is 7.80. The van der Waals surface area contributed by atoms with E-state index >= 15 is 0 Å². The van der Waals surface area contributed by atoms with Gasteiger partial charge in [-0.2, -0.15) is 0 Å². The zero-order valence-electron chi connectivity index (χ0n) is 7.06. The Morgan fingerprint density at radius 3 is 3.08 bits per heavy atom. The van der Waals surface area contributed by atoms with Crippen molar-refractivity contribution in [3.05, 3.63) is 17.5 Å². The summed E-state index contributed by atoms with van der Waals surface area (Å²) >= 11 is 0. The Balaban J connectivity index is 2.52. The third-order valence-corrected chi connectivity index (χ3v) is 2.15. The fourth-order valence-corrected chi connectivity index (χ4v) is 1.53. The van der Waals surface area contributed by atoms with Gasteiger partial charge >= 0.3 is 0 Å². The van der Waals surface area contributed by atoms with E-state index in [0.29, 0.717) is 5.71 Å². The van der Waals surface area contributed by atoms with Crippen LogP contribution in [0.1, 0.15) is 24.1 Å². The molecule has 0 unspecified atom stereocenters. The molecule has 1 aromatic heterocycles. The third kappa shape index (κ3) is 1.32. The molecule has 5 heteroatoms. The molecule has 13 heavy (non-hydrogen) atoms. The number of hydrogen-bond acceptors (Lipinski definition) is 5. The molecule has 5 nitrogen and oxygen atoms in total. The molecule has 3 N–H and O–H groups in total. The quantitative estimate of drug-likeness (QED) is 0.449. The van der Waals surface area contributed by atoms with Gasteiger partial charge in [0, 0.05) is 11.8 Å². The van der Waals surface area contributed by atoms with Gasteiger partial charge in [-0.05, 0) is 19.3 Å². The van der Waals surface area contributed by atoms with E-state index in [1.807, 2.05) is 0 Å².